The summed E-state index contributed by atoms with van der Waals surface area (Å²) in [6.45, 7) is 3.29. The summed E-state index contributed by atoms with van der Waals surface area (Å²) in [5.74, 6) is 0.639. The number of ether oxygens (including phenoxy) is 1. The lowest BCUT2D eigenvalue weighted by molar-refractivity contribution is 0.0872. The lowest BCUT2D eigenvalue weighted by Crippen LogP contribution is -2.25. The van der Waals surface area contributed by atoms with Crippen molar-refractivity contribution in [2.24, 2.45) is 5.92 Å². The van der Waals surface area contributed by atoms with Gasteiger partial charge in [-0.2, -0.15) is 5.10 Å². The Morgan fingerprint density at radius 3 is 2.95 bits per heavy atom. The topological polar surface area (TPSA) is 56.2 Å². The molecule has 3 rings (SSSR count). The summed E-state index contributed by atoms with van der Waals surface area (Å²) in [5.41, 5.74) is 2.82. The van der Waals surface area contributed by atoms with Gasteiger partial charge in [-0.25, -0.2) is 0 Å². The number of carbonyl (C=O) groups excluding carboxylic acids is 1. The van der Waals surface area contributed by atoms with Crippen LogP contribution >= 0.6 is 0 Å². The molecule has 1 amide bonds. The summed E-state index contributed by atoms with van der Waals surface area (Å²) in [7, 11) is 1.56. The fourth-order valence-electron chi connectivity index (χ4n) is 2.57. The maximum Gasteiger partial charge on any atom is 0.253 e. The number of carbonyl (C=O) groups is 1. The first-order valence-electron chi connectivity index (χ1n) is 7.49. The van der Waals surface area contributed by atoms with Gasteiger partial charge in [-0.15, -0.1) is 0 Å². The number of fused-ring (bicyclic) bond motifs is 1. The predicted octanol–water partition coefficient (Wildman–Crippen LogP) is 2.34. The van der Waals surface area contributed by atoms with E-state index in [1.807, 2.05) is 18.2 Å². The van der Waals surface area contributed by atoms with Crippen LogP contribution in [-0.4, -0.2) is 29.5 Å². The highest BCUT2D eigenvalue weighted by Gasteiger charge is 2.23. The molecule has 1 aromatic heterocycles. The zero-order valence-corrected chi connectivity index (χ0v) is 12.6. The van der Waals surface area contributed by atoms with Crippen LogP contribution in [0.1, 0.15) is 35.8 Å². The molecule has 5 heteroatoms. The van der Waals surface area contributed by atoms with Crippen molar-refractivity contribution in [2.45, 2.75) is 32.7 Å². The van der Waals surface area contributed by atoms with Gasteiger partial charge in [0.15, 0.2) is 0 Å². The molecule has 21 heavy (non-hydrogen) atoms. The maximum absolute atomic E-state index is 12.0. The fourth-order valence-corrected chi connectivity index (χ4v) is 2.57. The van der Waals surface area contributed by atoms with Gasteiger partial charge in [0.05, 0.1) is 11.2 Å². The molecule has 2 aromatic rings. The quantitative estimate of drug-likeness (QED) is 0.830. The Balaban J connectivity index is 1.95. The number of methoxy groups -OCH3 is 1. The first-order valence-corrected chi connectivity index (χ1v) is 7.49. The number of nitrogens with one attached hydrogen (secondary N) is 1. The highest BCUT2D eigenvalue weighted by molar-refractivity contribution is 5.98. The molecule has 5 nitrogen and oxygen atoms in total. The van der Waals surface area contributed by atoms with Gasteiger partial charge >= 0.3 is 0 Å². The van der Waals surface area contributed by atoms with Crippen LogP contribution < -0.4 is 5.32 Å². The summed E-state index contributed by atoms with van der Waals surface area (Å²) in [6.07, 6.45) is 3.48. The minimum Gasteiger partial charge on any atom is -0.364 e. The third-order valence-corrected chi connectivity index (χ3v) is 3.93. The second kappa shape index (κ2) is 5.85. The van der Waals surface area contributed by atoms with Gasteiger partial charge in [0, 0.05) is 24.6 Å². The van der Waals surface area contributed by atoms with Crippen molar-refractivity contribution in [3.05, 3.63) is 29.5 Å². The highest BCUT2D eigenvalue weighted by Crippen LogP contribution is 2.32. The van der Waals surface area contributed by atoms with Gasteiger partial charge in [-0.1, -0.05) is 13.0 Å². The summed E-state index contributed by atoms with van der Waals surface area (Å²) in [6, 6.07) is 5.80. The third kappa shape index (κ3) is 2.93. The van der Waals surface area contributed by atoms with Crippen LogP contribution in [-0.2, 0) is 17.7 Å². The fraction of sp³-hybridized carbons (Fsp3) is 0.500. The summed E-state index contributed by atoms with van der Waals surface area (Å²) < 4.78 is 6.95. The van der Waals surface area contributed by atoms with Crippen LogP contribution in [0.4, 0.5) is 0 Å². The van der Waals surface area contributed by atoms with E-state index in [2.05, 4.69) is 16.9 Å². The van der Waals surface area contributed by atoms with Crippen molar-refractivity contribution < 1.29 is 9.53 Å². The molecular formula is C16H21N3O2. The predicted molar refractivity (Wildman–Crippen MR) is 81.2 cm³/mol. The van der Waals surface area contributed by atoms with Crippen molar-refractivity contribution in [1.82, 2.24) is 15.1 Å². The lowest BCUT2D eigenvalue weighted by atomic mass is 10.1. The van der Waals surface area contributed by atoms with E-state index in [0.717, 1.165) is 35.5 Å². The van der Waals surface area contributed by atoms with Crippen LogP contribution in [0.2, 0.25) is 0 Å². The molecule has 1 aliphatic rings. The van der Waals surface area contributed by atoms with E-state index in [1.54, 1.807) is 7.11 Å². The molecule has 0 aliphatic heterocycles. The molecule has 1 N–H and O–H groups in total. The summed E-state index contributed by atoms with van der Waals surface area (Å²) in [5, 5.41) is 8.58. The molecule has 1 fully saturated rings. The average molecular weight is 287 g/mol. The maximum atomic E-state index is 12.0. The smallest absolute Gasteiger partial charge is 0.253 e. The van der Waals surface area contributed by atoms with Crippen molar-refractivity contribution in [2.75, 3.05) is 13.8 Å². The highest BCUT2D eigenvalue weighted by atomic mass is 16.5. The molecule has 0 radical (unpaired) electrons. The molecule has 1 heterocycles. The second-order valence-electron chi connectivity index (χ2n) is 5.60. The van der Waals surface area contributed by atoms with Crippen molar-refractivity contribution >= 4 is 16.8 Å². The summed E-state index contributed by atoms with van der Waals surface area (Å²) >= 11 is 0. The Morgan fingerprint density at radius 2 is 2.29 bits per heavy atom. The number of hydrogen-bond donors (Lipinski definition) is 1. The zero-order chi connectivity index (χ0) is 14.8. The van der Waals surface area contributed by atoms with Crippen LogP contribution in [0.15, 0.2) is 18.2 Å². The average Bonchev–Trinajstić information content (AvgIpc) is 3.25. The number of rotatable bonds is 6. The van der Waals surface area contributed by atoms with Gasteiger partial charge in [-0.05, 0) is 37.3 Å². The molecule has 1 aromatic carbocycles. The van der Waals surface area contributed by atoms with Gasteiger partial charge in [0.25, 0.3) is 5.91 Å². The van der Waals surface area contributed by atoms with Gasteiger partial charge in [0.1, 0.15) is 6.73 Å². The van der Waals surface area contributed by atoms with Crippen molar-refractivity contribution in [1.29, 1.82) is 0 Å². The number of amides is 1. The van der Waals surface area contributed by atoms with Crippen LogP contribution in [0, 0.1) is 5.92 Å². The normalized spacial score (nSPS) is 14.6. The largest absolute Gasteiger partial charge is 0.364 e. The molecule has 0 saturated heterocycles. The Labute approximate surface area is 124 Å². The van der Waals surface area contributed by atoms with Crippen LogP contribution in [0.3, 0.4) is 0 Å². The molecule has 0 bridgehead atoms. The van der Waals surface area contributed by atoms with E-state index in [0.29, 0.717) is 5.56 Å². The van der Waals surface area contributed by atoms with E-state index >= 15 is 0 Å². The standard InChI is InChI=1S/C16H21N3O2/c1-3-14-13-7-6-12(16(20)17-10-21-2)8-15(13)19(18-14)9-11-4-5-11/h6-8,11H,3-5,9-10H2,1-2H3,(H,17,20). The Hall–Kier alpha value is -1.88. The van der Waals surface area contributed by atoms with E-state index in [9.17, 15) is 4.79 Å². The Bertz CT molecular complexity index is 659. The van der Waals surface area contributed by atoms with Gasteiger partial charge < -0.3 is 10.1 Å². The first-order chi connectivity index (χ1) is 10.2. The Kier molecular flexibility index (Phi) is 3.92. The minimum absolute atomic E-state index is 0.115. The number of benzene rings is 1. The third-order valence-electron chi connectivity index (χ3n) is 3.93. The molecule has 1 aliphatic carbocycles. The SMILES string of the molecule is CCc1nn(CC2CC2)c2cc(C(=O)NCOC)ccc12. The summed E-state index contributed by atoms with van der Waals surface area (Å²) in [4.78, 5) is 12.0. The molecule has 1 saturated carbocycles. The lowest BCUT2D eigenvalue weighted by Gasteiger charge is -2.05. The number of hydrogen-bond acceptors (Lipinski definition) is 3. The van der Waals surface area contributed by atoms with E-state index in [1.165, 1.54) is 12.8 Å². The van der Waals surface area contributed by atoms with E-state index in [4.69, 9.17) is 9.84 Å². The van der Waals surface area contributed by atoms with Crippen molar-refractivity contribution in [3.63, 3.8) is 0 Å². The number of aromatic nitrogens is 2. The monoisotopic (exact) mass is 287 g/mol. The molecule has 0 atom stereocenters. The minimum atomic E-state index is -0.115. The van der Waals surface area contributed by atoms with Crippen LogP contribution in [0.25, 0.3) is 10.9 Å². The molecular weight excluding hydrogens is 266 g/mol. The van der Waals surface area contributed by atoms with Gasteiger partial charge in [0.2, 0.25) is 0 Å². The number of nitrogens with zero attached hydrogens (tertiary/aromatic N) is 2. The number of aryl methyl sites for hydroxylation is 1. The molecule has 0 spiro atoms. The second-order valence-corrected chi connectivity index (χ2v) is 5.60. The Morgan fingerprint density at radius 1 is 1.48 bits per heavy atom. The first kappa shape index (κ1) is 14.1. The molecule has 0 unspecified atom stereocenters. The van der Waals surface area contributed by atoms with Crippen LogP contribution in [0.5, 0.6) is 0 Å². The van der Waals surface area contributed by atoms with Crippen molar-refractivity contribution in [3.8, 4) is 0 Å². The van der Waals surface area contributed by atoms with E-state index < -0.39 is 0 Å². The van der Waals surface area contributed by atoms with Gasteiger partial charge in [-0.3, -0.25) is 9.48 Å². The van der Waals surface area contributed by atoms with E-state index in [-0.39, 0.29) is 12.6 Å². The molecule has 112 valence electrons. The zero-order valence-electron chi connectivity index (χ0n) is 12.6.